The van der Waals surface area contributed by atoms with Crippen LogP contribution in [0.25, 0.3) is 11.3 Å². The van der Waals surface area contributed by atoms with E-state index in [1.807, 2.05) is 18.2 Å². The highest BCUT2D eigenvalue weighted by Gasteiger charge is 2.20. The summed E-state index contributed by atoms with van der Waals surface area (Å²) in [7, 11) is 0. The van der Waals surface area contributed by atoms with Crippen LogP contribution in [0.2, 0.25) is 0 Å². The zero-order chi connectivity index (χ0) is 19.8. The molecule has 1 aliphatic carbocycles. The first-order chi connectivity index (χ1) is 13.7. The van der Waals surface area contributed by atoms with Gasteiger partial charge in [-0.1, -0.05) is 64.5 Å². The van der Waals surface area contributed by atoms with Crippen molar-refractivity contribution in [3.63, 3.8) is 0 Å². The van der Waals surface area contributed by atoms with Crippen LogP contribution in [0.15, 0.2) is 30.3 Å². The van der Waals surface area contributed by atoms with Gasteiger partial charge in [-0.25, -0.2) is 4.39 Å². The highest BCUT2D eigenvalue weighted by atomic mass is 19.1. The van der Waals surface area contributed by atoms with Gasteiger partial charge < -0.3 is 4.74 Å². The Balaban J connectivity index is 1.55. The van der Waals surface area contributed by atoms with E-state index in [0.29, 0.717) is 18.2 Å². The van der Waals surface area contributed by atoms with E-state index in [1.54, 1.807) is 12.1 Å². The largest absolute Gasteiger partial charge is 0.477 e. The van der Waals surface area contributed by atoms with E-state index in [2.05, 4.69) is 24.0 Å². The van der Waals surface area contributed by atoms with Crippen molar-refractivity contribution in [2.75, 3.05) is 6.61 Å². The molecule has 3 nitrogen and oxygen atoms in total. The van der Waals surface area contributed by atoms with Crippen LogP contribution in [0.1, 0.15) is 70.8 Å². The molecule has 1 fully saturated rings. The van der Waals surface area contributed by atoms with Crippen LogP contribution >= 0.6 is 0 Å². The molecule has 1 aliphatic rings. The third kappa shape index (κ3) is 5.76. The summed E-state index contributed by atoms with van der Waals surface area (Å²) in [5, 5.41) is 8.29. The standard InChI is InChI=1S/C24H33FN2O/c1-3-5-16-28-24-15-14-23(26-27-24)21-13-12-20(22(25)17-21)11-10-19-8-6-18(4-2)7-9-19/h12-15,17-19H,3-11,16H2,1-2H3. The van der Waals surface area contributed by atoms with E-state index < -0.39 is 0 Å². The lowest BCUT2D eigenvalue weighted by Gasteiger charge is -2.27. The Bertz CT molecular complexity index is 724. The molecule has 0 bridgehead atoms. The quantitative estimate of drug-likeness (QED) is 0.456. The molecule has 0 spiro atoms. The maximum Gasteiger partial charge on any atom is 0.233 e. The van der Waals surface area contributed by atoms with Gasteiger partial charge in [-0.05, 0) is 48.8 Å². The molecule has 1 aromatic carbocycles. The van der Waals surface area contributed by atoms with Gasteiger partial charge in [0, 0.05) is 11.6 Å². The molecular weight excluding hydrogens is 351 g/mol. The SMILES string of the molecule is CCCCOc1ccc(-c2ccc(CCC3CCC(CC)CC3)c(F)c2)nn1. The number of aromatic nitrogens is 2. The summed E-state index contributed by atoms with van der Waals surface area (Å²) in [5.41, 5.74) is 2.25. The summed E-state index contributed by atoms with van der Waals surface area (Å²) < 4.78 is 20.2. The molecule has 1 aromatic heterocycles. The van der Waals surface area contributed by atoms with Gasteiger partial charge in [-0.3, -0.25) is 0 Å². The zero-order valence-corrected chi connectivity index (χ0v) is 17.3. The van der Waals surface area contributed by atoms with Crippen molar-refractivity contribution in [1.82, 2.24) is 10.2 Å². The van der Waals surface area contributed by atoms with Crippen LogP contribution in [-0.2, 0) is 6.42 Å². The fourth-order valence-electron chi connectivity index (χ4n) is 4.07. The van der Waals surface area contributed by atoms with E-state index in [0.717, 1.165) is 48.6 Å². The van der Waals surface area contributed by atoms with E-state index in [-0.39, 0.29) is 5.82 Å². The Kier molecular flexibility index (Phi) is 7.81. The summed E-state index contributed by atoms with van der Waals surface area (Å²) >= 11 is 0. The van der Waals surface area contributed by atoms with Crippen molar-refractivity contribution in [1.29, 1.82) is 0 Å². The van der Waals surface area contributed by atoms with Crippen molar-refractivity contribution in [3.8, 4) is 17.1 Å². The maximum atomic E-state index is 14.6. The minimum absolute atomic E-state index is 0.134. The number of ether oxygens (including phenoxy) is 1. The van der Waals surface area contributed by atoms with Crippen molar-refractivity contribution < 1.29 is 9.13 Å². The summed E-state index contributed by atoms with van der Waals surface area (Å²) in [6.45, 7) is 5.06. The summed E-state index contributed by atoms with van der Waals surface area (Å²) in [4.78, 5) is 0. The van der Waals surface area contributed by atoms with Gasteiger partial charge in [0.2, 0.25) is 5.88 Å². The first-order valence-corrected chi connectivity index (χ1v) is 10.9. The van der Waals surface area contributed by atoms with Gasteiger partial charge in [0.05, 0.1) is 12.3 Å². The Hall–Kier alpha value is -1.97. The first kappa shape index (κ1) is 20.8. The lowest BCUT2D eigenvalue weighted by atomic mass is 9.78. The van der Waals surface area contributed by atoms with Crippen LogP contribution in [0.4, 0.5) is 4.39 Å². The smallest absolute Gasteiger partial charge is 0.233 e. The Morgan fingerprint density at radius 2 is 1.79 bits per heavy atom. The van der Waals surface area contributed by atoms with E-state index in [1.165, 1.54) is 32.1 Å². The van der Waals surface area contributed by atoms with Crippen molar-refractivity contribution in [2.24, 2.45) is 11.8 Å². The van der Waals surface area contributed by atoms with Crippen LogP contribution in [0.3, 0.4) is 0 Å². The molecule has 0 N–H and O–H groups in total. The molecule has 0 saturated heterocycles. The van der Waals surface area contributed by atoms with Gasteiger partial charge in [-0.2, -0.15) is 0 Å². The number of nitrogens with zero attached hydrogens (tertiary/aromatic N) is 2. The molecule has 4 heteroatoms. The fraction of sp³-hybridized carbons (Fsp3) is 0.583. The molecule has 152 valence electrons. The normalized spacial score (nSPS) is 19.5. The molecular formula is C24H33FN2O. The third-order valence-electron chi connectivity index (χ3n) is 6.10. The number of halogens is 1. The maximum absolute atomic E-state index is 14.6. The molecule has 2 aromatic rings. The summed E-state index contributed by atoms with van der Waals surface area (Å²) in [5.74, 6) is 2.06. The average molecular weight is 385 g/mol. The van der Waals surface area contributed by atoms with Gasteiger partial charge in [0.15, 0.2) is 0 Å². The molecule has 0 atom stereocenters. The number of benzene rings is 1. The van der Waals surface area contributed by atoms with Crippen molar-refractivity contribution in [2.45, 2.75) is 71.6 Å². The average Bonchev–Trinajstić information content (AvgIpc) is 2.74. The fourth-order valence-corrected chi connectivity index (χ4v) is 4.07. The number of hydrogen-bond acceptors (Lipinski definition) is 3. The van der Waals surface area contributed by atoms with Gasteiger partial charge in [0.1, 0.15) is 5.82 Å². The van der Waals surface area contributed by atoms with E-state index >= 15 is 0 Å². The first-order valence-electron chi connectivity index (χ1n) is 10.9. The molecule has 1 heterocycles. The second-order valence-electron chi connectivity index (χ2n) is 8.10. The Morgan fingerprint density at radius 3 is 2.43 bits per heavy atom. The van der Waals surface area contributed by atoms with E-state index in [4.69, 9.17) is 4.74 Å². The number of hydrogen-bond donors (Lipinski definition) is 0. The highest BCUT2D eigenvalue weighted by Crippen LogP contribution is 2.33. The molecule has 0 radical (unpaired) electrons. The molecule has 0 amide bonds. The molecule has 0 unspecified atom stereocenters. The highest BCUT2D eigenvalue weighted by molar-refractivity contribution is 5.59. The number of rotatable bonds is 9. The predicted molar refractivity (Wildman–Crippen MR) is 112 cm³/mol. The predicted octanol–water partition coefficient (Wildman–Crippen LogP) is 6.61. The zero-order valence-electron chi connectivity index (χ0n) is 17.3. The van der Waals surface area contributed by atoms with E-state index in [9.17, 15) is 4.39 Å². The minimum Gasteiger partial charge on any atom is -0.477 e. The van der Waals surface area contributed by atoms with Crippen molar-refractivity contribution in [3.05, 3.63) is 41.7 Å². The molecule has 3 rings (SSSR count). The van der Waals surface area contributed by atoms with Crippen molar-refractivity contribution >= 4 is 0 Å². The monoisotopic (exact) mass is 384 g/mol. The van der Waals surface area contributed by atoms with Crippen LogP contribution in [0.5, 0.6) is 5.88 Å². The molecule has 0 aliphatic heterocycles. The lowest BCUT2D eigenvalue weighted by molar-refractivity contribution is 0.258. The van der Waals surface area contributed by atoms with Crippen LogP contribution in [-0.4, -0.2) is 16.8 Å². The third-order valence-corrected chi connectivity index (χ3v) is 6.10. The second kappa shape index (κ2) is 10.5. The molecule has 1 saturated carbocycles. The van der Waals surface area contributed by atoms with Gasteiger partial charge in [0.25, 0.3) is 0 Å². The van der Waals surface area contributed by atoms with Gasteiger partial charge in [-0.15, -0.1) is 10.2 Å². The number of unbranched alkanes of at least 4 members (excludes halogenated alkanes) is 1. The lowest BCUT2D eigenvalue weighted by Crippen LogP contribution is -2.14. The van der Waals surface area contributed by atoms with Gasteiger partial charge >= 0.3 is 0 Å². The van der Waals surface area contributed by atoms with Crippen LogP contribution in [0, 0.1) is 17.7 Å². The number of aryl methyl sites for hydroxylation is 1. The Labute approximate surface area is 168 Å². The van der Waals surface area contributed by atoms with Crippen LogP contribution < -0.4 is 4.74 Å². The second-order valence-corrected chi connectivity index (χ2v) is 8.10. The Morgan fingerprint density at radius 1 is 1.00 bits per heavy atom. The minimum atomic E-state index is -0.134. The summed E-state index contributed by atoms with van der Waals surface area (Å²) in [6.07, 6.45) is 10.6. The topological polar surface area (TPSA) is 35.0 Å². The summed E-state index contributed by atoms with van der Waals surface area (Å²) in [6, 6.07) is 9.10. The molecule has 28 heavy (non-hydrogen) atoms.